The van der Waals surface area contributed by atoms with Crippen molar-refractivity contribution in [3.05, 3.63) is 29.6 Å². The number of rotatable bonds is 4. The van der Waals surface area contributed by atoms with Gasteiger partial charge in [0.25, 0.3) is 0 Å². The smallest absolute Gasteiger partial charge is 0.324 e. The number of hydrogen-bond acceptors (Lipinski definition) is 6. The van der Waals surface area contributed by atoms with Gasteiger partial charge in [-0.3, -0.25) is 9.69 Å². The number of nitrogens with zero attached hydrogens (tertiary/aromatic N) is 5. The molecule has 1 fully saturated rings. The molecule has 0 aromatic carbocycles. The Labute approximate surface area is 143 Å². The summed E-state index contributed by atoms with van der Waals surface area (Å²) in [5.41, 5.74) is 1.89. The van der Waals surface area contributed by atoms with E-state index in [1.807, 2.05) is 26.0 Å². The first-order valence-corrected chi connectivity index (χ1v) is 8.47. The van der Waals surface area contributed by atoms with Gasteiger partial charge in [0, 0.05) is 18.8 Å². The number of carbonyl (C=O) groups excluding carboxylic acids is 2. The fraction of sp³-hybridized carbons (Fsp3) is 0.400. The van der Waals surface area contributed by atoms with Crippen LogP contribution < -0.4 is 5.32 Å². The molecule has 9 heteroatoms. The minimum atomic E-state index is -0.414. The highest BCUT2D eigenvalue weighted by molar-refractivity contribution is 8.00. The van der Waals surface area contributed by atoms with Crippen LogP contribution in [0.1, 0.15) is 18.3 Å². The van der Waals surface area contributed by atoms with Crippen molar-refractivity contribution in [2.24, 2.45) is 0 Å². The molecule has 3 rings (SSSR count). The van der Waals surface area contributed by atoms with E-state index in [1.54, 1.807) is 17.7 Å². The SMILES string of the molecule is Cc1cc(C)n(-c2ccc(S[C@@H](C)C(=O)N3CCNC3=O)nn2)n1. The molecule has 0 saturated carbocycles. The predicted octanol–water partition coefficient (Wildman–Crippen LogP) is 1.31. The van der Waals surface area contributed by atoms with Crippen molar-refractivity contribution < 1.29 is 9.59 Å². The van der Waals surface area contributed by atoms with Gasteiger partial charge in [0.2, 0.25) is 5.91 Å². The highest BCUT2D eigenvalue weighted by atomic mass is 32.2. The molecule has 3 amide bonds. The van der Waals surface area contributed by atoms with Crippen LogP contribution in [0.15, 0.2) is 23.2 Å². The van der Waals surface area contributed by atoms with Gasteiger partial charge in [0.1, 0.15) is 5.03 Å². The van der Waals surface area contributed by atoms with Gasteiger partial charge in [-0.1, -0.05) is 11.8 Å². The maximum atomic E-state index is 12.3. The van der Waals surface area contributed by atoms with Crippen LogP contribution in [-0.2, 0) is 4.79 Å². The summed E-state index contributed by atoms with van der Waals surface area (Å²) in [4.78, 5) is 25.1. The zero-order valence-electron chi connectivity index (χ0n) is 13.7. The van der Waals surface area contributed by atoms with Gasteiger partial charge in [-0.2, -0.15) is 5.10 Å². The van der Waals surface area contributed by atoms with Crippen LogP contribution in [0.3, 0.4) is 0 Å². The number of aromatic nitrogens is 4. The Kier molecular flexibility index (Phi) is 4.52. The molecule has 24 heavy (non-hydrogen) atoms. The van der Waals surface area contributed by atoms with Crippen molar-refractivity contribution >= 4 is 23.7 Å². The Balaban J connectivity index is 1.69. The maximum absolute atomic E-state index is 12.3. The third-order valence-corrected chi connectivity index (χ3v) is 4.64. The van der Waals surface area contributed by atoms with Gasteiger partial charge in [-0.15, -0.1) is 10.2 Å². The average Bonchev–Trinajstić information content (AvgIpc) is 3.12. The van der Waals surface area contributed by atoms with Crippen LogP contribution in [0.2, 0.25) is 0 Å². The molecule has 1 saturated heterocycles. The van der Waals surface area contributed by atoms with E-state index in [-0.39, 0.29) is 11.9 Å². The second kappa shape index (κ2) is 6.60. The molecule has 2 aromatic heterocycles. The summed E-state index contributed by atoms with van der Waals surface area (Å²) in [6.45, 7) is 6.54. The van der Waals surface area contributed by atoms with Gasteiger partial charge in [-0.05, 0) is 39.0 Å². The molecule has 1 aliphatic heterocycles. The summed E-state index contributed by atoms with van der Waals surface area (Å²) < 4.78 is 1.72. The molecule has 0 aliphatic carbocycles. The van der Waals surface area contributed by atoms with E-state index in [0.29, 0.717) is 23.9 Å². The van der Waals surface area contributed by atoms with Gasteiger partial charge >= 0.3 is 6.03 Å². The van der Waals surface area contributed by atoms with Gasteiger partial charge in [0.05, 0.1) is 10.9 Å². The average molecular weight is 346 g/mol. The summed E-state index contributed by atoms with van der Waals surface area (Å²) in [6.07, 6.45) is 0. The lowest BCUT2D eigenvalue weighted by molar-refractivity contribution is -0.126. The Morgan fingerprint density at radius 3 is 2.67 bits per heavy atom. The Hall–Kier alpha value is -2.42. The monoisotopic (exact) mass is 346 g/mol. The van der Waals surface area contributed by atoms with Crippen LogP contribution in [0.25, 0.3) is 5.82 Å². The second-order valence-electron chi connectivity index (χ2n) is 5.55. The number of thioether (sulfide) groups is 1. The van der Waals surface area contributed by atoms with E-state index in [4.69, 9.17) is 0 Å². The van der Waals surface area contributed by atoms with Crippen LogP contribution in [0, 0.1) is 13.8 Å². The van der Waals surface area contributed by atoms with E-state index in [1.165, 1.54) is 16.7 Å². The Morgan fingerprint density at radius 1 is 1.33 bits per heavy atom. The van der Waals surface area contributed by atoms with Crippen LogP contribution in [0.5, 0.6) is 0 Å². The number of imide groups is 1. The molecule has 8 nitrogen and oxygen atoms in total. The third-order valence-electron chi connectivity index (χ3n) is 3.62. The molecule has 3 heterocycles. The van der Waals surface area contributed by atoms with Crippen LogP contribution in [0.4, 0.5) is 4.79 Å². The van der Waals surface area contributed by atoms with Gasteiger partial charge in [0.15, 0.2) is 5.82 Å². The topological polar surface area (TPSA) is 93.0 Å². The minimum absolute atomic E-state index is 0.223. The minimum Gasteiger partial charge on any atom is -0.336 e. The largest absolute Gasteiger partial charge is 0.336 e. The number of urea groups is 1. The molecule has 126 valence electrons. The lowest BCUT2D eigenvalue weighted by atomic mass is 10.4. The van der Waals surface area contributed by atoms with E-state index in [0.717, 1.165) is 11.4 Å². The molecule has 0 bridgehead atoms. The number of hydrogen-bond donors (Lipinski definition) is 1. The highest BCUT2D eigenvalue weighted by Gasteiger charge is 2.30. The summed E-state index contributed by atoms with van der Waals surface area (Å²) in [5.74, 6) is 0.405. The molecule has 2 aromatic rings. The molecule has 0 radical (unpaired) electrons. The van der Waals surface area contributed by atoms with E-state index >= 15 is 0 Å². The van der Waals surface area contributed by atoms with Crippen molar-refractivity contribution in [1.29, 1.82) is 0 Å². The summed E-state index contributed by atoms with van der Waals surface area (Å²) >= 11 is 1.28. The summed E-state index contributed by atoms with van der Waals surface area (Å²) in [7, 11) is 0. The van der Waals surface area contributed by atoms with Gasteiger partial charge in [-0.25, -0.2) is 9.48 Å². The van der Waals surface area contributed by atoms with Crippen molar-refractivity contribution in [2.45, 2.75) is 31.0 Å². The number of amides is 3. The third kappa shape index (κ3) is 3.25. The van der Waals surface area contributed by atoms with Crippen LogP contribution >= 0.6 is 11.8 Å². The fourth-order valence-corrected chi connectivity index (χ4v) is 3.31. The van der Waals surface area contributed by atoms with Crippen molar-refractivity contribution in [3.8, 4) is 5.82 Å². The fourth-order valence-electron chi connectivity index (χ4n) is 2.48. The van der Waals surface area contributed by atoms with Crippen molar-refractivity contribution in [2.75, 3.05) is 13.1 Å². The number of aryl methyl sites for hydroxylation is 2. The van der Waals surface area contributed by atoms with Gasteiger partial charge < -0.3 is 5.32 Å². The van der Waals surface area contributed by atoms with E-state index in [9.17, 15) is 9.59 Å². The quantitative estimate of drug-likeness (QED) is 0.839. The van der Waals surface area contributed by atoms with Crippen LogP contribution in [-0.4, -0.2) is 55.2 Å². The number of carbonyl (C=O) groups is 2. The summed E-state index contributed by atoms with van der Waals surface area (Å²) in [5, 5.41) is 15.5. The van der Waals surface area contributed by atoms with E-state index < -0.39 is 5.25 Å². The first kappa shape index (κ1) is 16.4. The highest BCUT2D eigenvalue weighted by Crippen LogP contribution is 2.23. The lowest BCUT2D eigenvalue weighted by Gasteiger charge is -2.16. The first-order valence-electron chi connectivity index (χ1n) is 7.59. The molecular weight excluding hydrogens is 328 g/mol. The molecule has 0 spiro atoms. The zero-order valence-corrected chi connectivity index (χ0v) is 14.5. The normalized spacial score (nSPS) is 15.5. The van der Waals surface area contributed by atoms with Crippen molar-refractivity contribution in [3.63, 3.8) is 0 Å². The van der Waals surface area contributed by atoms with Crippen molar-refractivity contribution in [1.82, 2.24) is 30.2 Å². The Morgan fingerprint density at radius 2 is 2.12 bits per heavy atom. The zero-order chi connectivity index (χ0) is 17.3. The van der Waals surface area contributed by atoms with E-state index in [2.05, 4.69) is 20.6 Å². The standard InChI is InChI=1S/C15H18N6O2S/c1-9-8-10(2)21(19-9)12-4-5-13(18-17-12)24-11(3)14(22)20-7-6-16-15(20)23/h4-5,8,11H,6-7H2,1-3H3,(H,16,23)/t11-/m0/s1. The molecule has 1 aliphatic rings. The predicted molar refractivity (Wildman–Crippen MR) is 89.1 cm³/mol. The molecule has 1 atom stereocenters. The molecule has 0 unspecified atom stereocenters. The number of nitrogens with one attached hydrogen (secondary N) is 1. The lowest BCUT2D eigenvalue weighted by Crippen LogP contribution is -2.38. The summed E-state index contributed by atoms with van der Waals surface area (Å²) in [6, 6.07) is 5.25. The molecule has 1 N–H and O–H groups in total. The first-order chi connectivity index (χ1) is 11.5. The Bertz CT molecular complexity index is 773. The molecular formula is C15H18N6O2S. The maximum Gasteiger partial charge on any atom is 0.324 e. The second-order valence-corrected chi connectivity index (χ2v) is 6.91.